The van der Waals surface area contributed by atoms with Crippen LogP contribution in [0.4, 0.5) is 5.82 Å². The summed E-state index contributed by atoms with van der Waals surface area (Å²) < 4.78 is 1.47. The summed E-state index contributed by atoms with van der Waals surface area (Å²) in [5.41, 5.74) is 1.68. The minimum absolute atomic E-state index is 0.182. The molecule has 0 aliphatic rings. The molecular formula is C18H15N3O2. The molecule has 1 amide bonds. The van der Waals surface area contributed by atoms with Crippen molar-refractivity contribution in [3.05, 3.63) is 83.8 Å². The van der Waals surface area contributed by atoms with E-state index in [2.05, 4.69) is 10.3 Å². The number of amides is 1. The van der Waals surface area contributed by atoms with E-state index in [0.29, 0.717) is 16.9 Å². The highest BCUT2D eigenvalue weighted by Gasteiger charge is 2.12. The van der Waals surface area contributed by atoms with E-state index in [1.807, 2.05) is 19.1 Å². The van der Waals surface area contributed by atoms with Crippen LogP contribution in [0.5, 0.6) is 0 Å². The Labute approximate surface area is 133 Å². The second kappa shape index (κ2) is 6.27. The van der Waals surface area contributed by atoms with Gasteiger partial charge in [0.25, 0.3) is 11.8 Å². The van der Waals surface area contributed by atoms with Crippen molar-refractivity contribution in [2.45, 2.75) is 6.92 Å². The van der Waals surface area contributed by atoms with Gasteiger partial charge in [-0.1, -0.05) is 12.1 Å². The van der Waals surface area contributed by atoms with Crippen molar-refractivity contribution in [3.8, 4) is 0 Å². The molecule has 0 aliphatic carbocycles. The van der Waals surface area contributed by atoms with Gasteiger partial charge in [0.15, 0.2) is 0 Å². The monoisotopic (exact) mass is 305 g/mol. The van der Waals surface area contributed by atoms with Gasteiger partial charge in [-0.3, -0.25) is 14.2 Å². The molecule has 0 aliphatic heterocycles. The third-order valence-electron chi connectivity index (χ3n) is 3.34. The van der Waals surface area contributed by atoms with E-state index >= 15 is 0 Å². The first-order valence-electron chi connectivity index (χ1n) is 7.16. The van der Waals surface area contributed by atoms with Crippen LogP contribution in [0.1, 0.15) is 26.4 Å². The van der Waals surface area contributed by atoms with E-state index < -0.39 is 0 Å². The molecule has 0 unspecified atom stereocenters. The summed E-state index contributed by atoms with van der Waals surface area (Å²) in [6.45, 7) is 1.85. The van der Waals surface area contributed by atoms with Crippen LogP contribution in [0.15, 0.2) is 67.0 Å². The summed E-state index contributed by atoms with van der Waals surface area (Å²) in [6, 6.07) is 15.6. The maximum Gasteiger partial charge on any atom is 0.261 e. The second-order valence-corrected chi connectivity index (χ2v) is 5.09. The van der Waals surface area contributed by atoms with Crippen LogP contribution in [-0.2, 0) is 0 Å². The molecule has 0 spiro atoms. The molecule has 0 bridgehead atoms. The number of carbonyl (C=O) groups is 2. The highest BCUT2D eigenvalue weighted by atomic mass is 16.2. The van der Waals surface area contributed by atoms with Crippen molar-refractivity contribution in [2.75, 3.05) is 5.32 Å². The van der Waals surface area contributed by atoms with Gasteiger partial charge >= 0.3 is 0 Å². The predicted octanol–water partition coefficient (Wildman–Crippen LogP) is 3.13. The van der Waals surface area contributed by atoms with E-state index in [-0.39, 0.29) is 11.8 Å². The van der Waals surface area contributed by atoms with Gasteiger partial charge in [-0.05, 0) is 49.4 Å². The number of hydrogen-bond acceptors (Lipinski definition) is 3. The molecule has 3 rings (SSSR count). The summed E-state index contributed by atoms with van der Waals surface area (Å²) in [6.07, 6.45) is 3.34. The lowest BCUT2D eigenvalue weighted by Gasteiger charge is -2.07. The highest BCUT2D eigenvalue weighted by molar-refractivity contribution is 6.06. The van der Waals surface area contributed by atoms with Crippen LogP contribution in [0.2, 0.25) is 0 Å². The minimum atomic E-state index is -0.301. The molecule has 0 fully saturated rings. The number of carbonyl (C=O) groups excluding carboxylic acids is 2. The zero-order valence-electron chi connectivity index (χ0n) is 12.6. The zero-order chi connectivity index (χ0) is 16.2. The van der Waals surface area contributed by atoms with E-state index in [1.165, 1.54) is 4.57 Å². The van der Waals surface area contributed by atoms with Crippen LogP contribution in [0.3, 0.4) is 0 Å². The lowest BCUT2D eigenvalue weighted by atomic mass is 10.1. The Bertz CT molecular complexity index is 854. The van der Waals surface area contributed by atoms with Gasteiger partial charge in [0.2, 0.25) is 0 Å². The van der Waals surface area contributed by atoms with Crippen molar-refractivity contribution in [3.63, 3.8) is 0 Å². The van der Waals surface area contributed by atoms with Gasteiger partial charge in [0.1, 0.15) is 5.82 Å². The SMILES string of the molecule is Cc1cccc(NC(=O)c2cccc(C(=O)n3cccc3)c2)n1. The van der Waals surface area contributed by atoms with E-state index in [9.17, 15) is 9.59 Å². The number of pyridine rings is 1. The molecule has 1 aromatic carbocycles. The Morgan fingerprint density at radius 1 is 0.957 bits per heavy atom. The molecule has 23 heavy (non-hydrogen) atoms. The lowest BCUT2D eigenvalue weighted by Crippen LogP contribution is -2.15. The number of aryl methyl sites for hydroxylation is 1. The maximum absolute atomic E-state index is 12.3. The van der Waals surface area contributed by atoms with E-state index in [1.54, 1.807) is 54.9 Å². The number of rotatable bonds is 3. The zero-order valence-corrected chi connectivity index (χ0v) is 12.6. The summed E-state index contributed by atoms with van der Waals surface area (Å²) in [4.78, 5) is 28.9. The lowest BCUT2D eigenvalue weighted by molar-refractivity contribution is 0.0960. The third kappa shape index (κ3) is 3.35. The van der Waals surface area contributed by atoms with Crippen LogP contribution < -0.4 is 5.32 Å². The number of nitrogens with zero attached hydrogens (tertiary/aromatic N) is 2. The second-order valence-electron chi connectivity index (χ2n) is 5.09. The minimum Gasteiger partial charge on any atom is -0.307 e. The number of hydrogen-bond donors (Lipinski definition) is 1. The molecular weight excluding hydrogens is 290 g/mol. The number of anilines is 1. The fourth-order valence-corrected chi connectivity index (χ4v) is 2.21. The maximum atomic E-state index is 12.3. The first kappa shape index (κ1) is 14.7. The Morgan fingerprint density at radius 2 is 1.65 bits per heavy atom. The molecule has 2 aromatic heterocycles. The first-order chi connectivity index (χ1) is 11.1. The molecule has 0 saturated carbocycles. The Balaban J connectivity index is 1.82. The molecule has 0 radical (unpaired) electrons. The topological polar surface area (TPSA) is 64.0 Å². The normalized spacial score (nSPS) is 10.3. The van der Waals surface area contributed by atoms with Gasteiger partial charge in [0.05, 0.1) is 0 Å². The average Bonchev–Trinajstić information content (AvgIpc) is 3.09. The molecule has 114 valence electrons. The van der Waals surface area contributed by atoms with Gasteiger partial charge in [0, 0.05) is 29.2 Å². The molecule has 5 nitrogen and oxygen atoms in total. The molecule has 5 heteroatoms. The number of nitrogens with one attached hydrogen (secondary N) is 1. The largest absolute Gasteiger partial charge is 0.307 e. The number of benzene rings is 1. The average molecular weight is 305 g/mol. The Hall–Kier alpha value is -3.21. The molecule has 2 heterocycles. The van der Waals surface area contributed by atoms with Crippen molar-refractivity contribution in [2.24, 2.45) is 0 Å². The first-order valence-corrected chi connectivity index (χ1v) is 7.16. The quantitative estimate of drug-likeness (QED) is 0.808. The van der Waals surface area contributed by atoms with Crippen LogP contribution in [0.25, 0.3) is 0 Å². The summed E-state index contributed by atoms with van der Waals surface area (Å²) in [7, 11) is 0. The van der Waals surface area contributed by atoms with E-state index in [0.717, 1.165) is 5.69 Å². The van der Waals surface area contributed by atoms with Crippen LogP contribution in [0, 0.1) is 6.92 Å². The third-order valence-corrected chi connectivity index (χ3v) is 3.34. The van der Waals surface area contributed by atoms with Crippen molar-refractivity contribution in [1.82, 2.24) is 9.55 Å². The van der Waals surface area contributed by atoms with Crippen molar-refractivity contribution >= 4 is 17.6 Å². The molecule has 0 atom stereocenters. The highest BCUT2D eigenvalue weighted by Crippen LogP contribution is 2.11. The fraction of sp³-hybridized carbons (Fsp3) is 0.0556. The van der Waals surface area contributed by atoms with Gasteiger partial charge < -0.3 is 5.32 Å². The van der Waals surface area contributed by atoms with Gasteiger partial charge in [-0.2, -0.15) is 0 Å². The Kier molecular flexibility index (Phi) is 4.01. The smallest absolute Gasteiger partial charge is 0.261 e. The standard InChI is InChI=1S/C18H15N3O2/c1-13-6-4-9-16(19-13)20-17(22)14-7-5-8-15(12-14)18(23)21-10-2-3-11-21/h2-12H,1H3,(H,19,20,22). The molecule has 3 aromatic rings. The molecule has 1 N–H and O–H groups in total. The van der Waals surface area contributed by atoms with Crippen molar-refractivity contribution in [1.29, 1.82) is 0 Å². The summed E-state index contributed by atoms with van der Waals surface area (Å²) in [5.74, 6) is 0.000672. The molecule has 0 saturated heterocycles. The van der Waals surface area contributed by atoms with Gasteiger partial charge in [-0.25, -0.2) is 4.98 Å². The van der Waals surface area contributed by atoms with E-state index in [4.69, 9.17) is 0 Å². The summed E-state index contributed by atoms with van der Waals surface area (Å²) >= 11 is 0. The van der Waals surface area contributed by atoms with Gasteiger partial charge in [-0.15, -0.1) is 0 Å². The predicted molar refractivity (Wildman–Crippen MR) is 87.5 cm³/mol. The van der Waals surface area contributed by atoms with Crippen LogP contribution >= 0.6 is 0 Å². The summed E-state index contributed by atoms with van der Waals surface area (Å²) in [5, 5.41) is 2.73. The van der Waals surface area contributed by atoms with Crippen LogP contribution in [-0.4, -0.2) is 21.4 Å². The number of aromatic nitrogens is 2. The Morgan fingerprint density at radius 3 is 2.39 bits per heavy atom. The van der Waals surface area contributed by atoms with Crippen molar-refractivity contribution < 1.29 is 9.59 Å². The fourth-order valence-electron chi connectivity index (χ4n) is 2.21.